The summed E-state index contributed by atoms with van der Waals surface area (Å²) in [7, 11) is 1.53. The highest BCUT2D eigenvalue weighted by Crippen LogP contribution is 2.23. The van der Waals surface area contributed by atoms with Gasteiger partial charge in [-0.05, 0) is 36.9 Å². The molecule has 0 spiro atoms. The second-order valence-electron chi connectivity index (χ2n) is 4.96. The number of thiophene rings is 1. The molecule has 0 aliphatic rings. The molecule has 22 heavy (non-hydrogen) atoms. The number of nitrogens with zero attached hydrogens (tertiary/aromatic N) is 1. The van der Waals surface area contributed by atoms with Crippen molar-refractivity contribution in [3.63, 3.8) is 0 Å². The number of aromatic nitrogens is 1. The molecule has 118 valence electrons. The molecule has 2 aromatic rings. The molecule has 1 unspecified atom stereocenters. The molecule has 0 saturated carbocycles. The molecule has 6 heteroatoms. The summed E-state index contributed by atoms with van der Waals surface area (Å²) in [4.78, 5) is 17.7. The van der Waals surface area contributed by atoms with Crippen LogP contribution in [0.1, 0.15) is 22.5 Å². The van der Waals surface area contributed by atoms with Gasteiger partial charge in [-0.1, -0.05) is 6.07 Å². The Bertz CT molecular complexity index is 614. The van der Waals surface area contributed by atoms with Gasteiger partial charge in [0.15, 0.2) is 0 Å². The number of aliphatic hydroxyl groups is 1. The van der Waals surface area contributed by atoms with Crippen LogP contribution in [0.4, 0.5) is 0 Å². The summed E-state index contributed by atoms with van der Waals surface area (Å²) in [6.45, 7) is 2.49. The van der Waals surface area contributed by atoms with Crippen LogP contribution in [-0.2, 0) is 4.74 Å². The van der Waals surface area contributed by atoms with Crippen molar-refractivity contribution in [3.8, 4) is 10.6 Å². The first-order valence-corrected chi connectivity index (χ1v) is 7.96. The smallest absolute Gasteiger partial charge is 0.253 e. The summed E-state index contributed by atoms with van der Waals surface area (Å²) in [6.07, 6.45) is -0.106. The lowest BCUT2D eigenvalue weighted by atomic mass is 10.1. The zero-order chi connectivity index (χ0) is 15.9. The Morgan fingerprint density at radius 1 is 1.45 bits per heavy atom. The number of aliphatic hydroxyl groups excluding tert-OH is 1. The zero-order valence-corrected chi connectivity index (χ0v) is 13.5. The van der Waals surface area contributed by atoms with Gasteiger partial charge in [-0.15, -0.1) is 11.3 Å². The van der Waals surface area contributed by atoms with E-state index in [9.17, 15) is 9.90 Å². The van der Waals surface area contributed by atoms with Gasteiger partial charge in [-0.2, -0.15) is 0 Å². The van der Waals surface area contributed by atoms with E-state index in [-0.39, 0.29) is 12.5 Å². The van der Waals surface area contributed by atoms with Crippen LogP contribution in [0.3, 0.4) is 0 Å². The van der Waals surface area contributed by atoms with E-state index in [1.165, 1.54) is 7.11 Å². The molecule has 1 amide bonds. The van der Waals surface area contributed by atoms with Crippen LogP contribution in [0.2, 0.25) is 0 Å². The van der Waals surface area contributed by atoms with Crippen molar-refractivity contribution in [2.24, 2.45) is 0 Å². The molecule has 0 fully saturated rings. The Balaban J connectivity index is 1.96. The zero-order valence-electron chi connectivity index (χ0n) is 12.7. The highest BCUT2D eigenvalue weighted by atomic mass is 32.1. The highest BCUT2D eigenvalue weighted by Gasteiger charge is 2.12. The van der Waals surface area contributed by atoms with Crippen molar-refractivity contribution in [1.29, 1.82) is 0 Å². The molecule has 0 radical (unpaired) electrons. The fourth-order valence-corrected chi connectivity index (χ4v) is 2.78. The molecule has 2 rings (SSSR count). The van der Waals surface area contributed by atoms with Crippen molar-refractivity contribution in [2.75, 3.05) is 20.3 Å². The Kier molecular flexibility index (Phi) is 6.06. The van der Waals surface area contributed by atoms with Gasteiger partial charge in [-0.3, -0.25) is 9.78 Å². The number of methoxy groups -OCH3 is 1. The average Bonchev–Trinajstić information content (AvgIpc) is 3.01. The van der Waals surface area contributed by atoms with Crippen LogP contribution >= 0.6 is 11.3 Å². The molecule has 0 aromatic carbocycles. The minimum Gasteiger partial charge on any atom is -0.391 e. The van der Waals surface area contributed by atoms with Gasteiger partial charge in [0, 0.05) is 13.7 Å². The van der Waals surface area contributed by atoms with Crippen LogP contribution in [-0.4, -0.2) is 42.4 Å². The standard InChI is InChI=1S/C16H20N2O3S/c1-11-13(16(20)17-8-7-12(19)10-21-2)5-6-14(18-11)15-4-3-9-22-15/h3-6,9,12,19H,7-8,10H2,1-2H3,(H,17,20). The fourth-order valence-electron chi connectivity index (χ4n) is 2.09. The monoisotopic (exact) mass is 320 g/mol. The Morgan fingerprint density at radius 2 is 2.27 bits per heavy atom. The van der Waals surface area contributed by atoms with E-state index >= 15 is 0 Å². The number of pyridine rings is 1. The maximum absolute atomic E-state index is 12.1. The number of hydrogen-bond acceptors (Lipinski definition) is 5. The van der Waals surface area contributed by atoms with Gasteiger partial charge in [0.25, 0.3) is 5.91 Å². The highest BCUT2D eigenvalue weighted by molar-refractivity contribution is 7.13. The van der Waals surface area contributed by atoms with Crippen LogP contribution < -0.4 is 5.32 Å². The predicted molar refractivity (Wildman–Crippen MR) is 87.1 cm³/mol. The van der Waals surface area contributed by atoms with Crippen molar-refractivity contribution < 1.29 is 14.6 Å². The summed E-state index contributed by atoms with van der Waals surface area (Å²) >= 11 is 1.62. The van der Waals surface area contributed by atoms with E-state index < -0.39 is 6.10 Å². The summed E-state index contributed by atoms with van der Waals surface area (Å²) in [5.41, 5.74) is 2.13. The molecule has 0 aliphatic carbocycles. The first-order chi connectivity index (χ1) is 10.6. The SMILES string of the molecule is COCC(O)CCNC(=O)c1ccc(-c2cccs2)nc1C. The molecule has 5 nitrogen and oxygen atoms in total. The summed E-state index contributed by atoms with van der Waals surface area (Å²) in [5.74, 6) is -0.174. The van der Waals surface area contributed by atoms with E-state index in [1.807, 2.05) is 30.5 Å². The minimum atomic E-state index is -0.564. The number of rotatable bonds is 7. The first-order valence-electron chi connectivity index (χ1n) is 7.08. The normalized spacial score (nSPS) is 12.1. The quantitative estimate of drug-likeness (QED) is 0.821. The molecule has 1 atom stereocenters. The number of hydrogen-bond donors (Lipinski definition) is 2. The van der Waals surface area contributed by atoms with Crippen LogP contribution in [0.25, 0.3) is 10.6 Å². The average molecular weight is 320 g/mol. The summed E-state index contributed by atoms with van der Waals surface area (Å²) in [5, 5.41) is 14.3. The largest absolute Gasteiger partial charge is 0.391 e. The summed E-state index contributed by atoms with van der Waals surface area (Å²) < 4.78 is 4.84. The van der Waals surface area contributed by atoms with E-state index in [2.05, 4.69) is 10.3 Å². The minimum absolute atomic E-state index is 0.174. The van der Waals surface area contributed by atoms with Gasteiger partial charge in [0.2, 0.25) is 0 Å². The molecule has 2 N–H and O–H groups in total. The predicted octanol–water partition coefficient (Wildman–Crippen LogP) is 2.25. The maximum atomic E-state index is 12.1. The molecule has 0 aliphatic heterocycles. The second kappa shape index (κ2) is 8.03. The van der Waals surface area contributed by atoms with Crippen molar-refractivity contribution in [3.05, 3.63) is 40.9 Å². The van der Waals surface area contributed by atoms with E-state index in [4.69, 9.17) is 4.74 Å². The Labute approximate surface area is 134 Å². The fraction of sp³-hybridized carbons (Fsp3) is 0.375. The third kappa shape index (κ3) is 4.37. The van der Waals surface area contributed by atoms with Gasteiger partial charge in [0.1, 0.15) is 0 Å². The molecular weight excluding hydrogens is 300 g/mol. The van der Waals surface area contributed by atoms with Crippen molar-refractivity contribution in [2.45, 2.75) is 19.4 Å². The Hall–Kier alpha value is -1.76. The van der Waals surface area contributed by atoms with Gasteiger partial charge < -0.3 is 15.2 Å². The Morgan fingerprint density at radius 3 is 2.91 bits per heavy atom. The van der Waals surface area contributed by atoms with E-state index in [1.54, 1.807) is 17.4 Å². The third-order valence-corrected chi connectivity index (χ3v) is 4.12. The van der Waals surface area contributed by atoms with Crippen LogP contribution in [0, 0.1) is 6.92 Å². The molecular formula is C16H20N2O3S. The number of carbonyl (C=O) groups excluding carboxylic acids is 1. The lowest BCUT2D eigenvalue weighted by molar-refractivity contribution is 0.0587. The van der Waals surface area contributed by atoms with Gasteiger partial charge in [0.05, 0.1) is 34.5 Å². The third-order valence-electron chi connectivity index (χ3n) is 3.23. The lowest BCUT2D eigenvalue weighted by Gasteiger charge is -2.11. The van der Waals surface area contributed by atoms with E-state index in [0.29, 0.717) is 24.2 Å². The van der Waals surface area contributed by atoms with Gasteiger partial charge >= 0.3 is 0 Å². The van der Waals surface area contributed by atoms with Gasteiger partial charge in [-0.25, -0.2) is 0 Å². The molecule has 2 aromatic heterocycles. The maximum Gasteiger partial charge on any atom is 0.253 e. The number of carbonyl (C=O) groups is 1. The van der Waals surface area contributed by atoms with Crippen LogP contribution in [0.5, 0.6) is 0 Å². The number of ether oxygens (including phenoxy) is 1. The molecule has 2 heterocycles. The van der Waals surface area contributed by atoms with E-state index in [0.717, 1.165) is 10.6 Å². The number of nitrogens with one attached hydrogen (secondary N) is 1. The van der Waals surface area contributed by atoms with Crippen molar-refractivity contribution in [1.82, 2.24) is 10.3 Å². The lowest BCUT2D eigenvalue weighted by Crippen LogP contribution is -2.29. The number of amides is 1. The number of aryl methyl sites for hydroxylation is 1. The second-order valence-corrected chi connectivity index (χ2v) is 5.91. The summed E-state index contributed by atoms with van der Waals surface area (Å²) in [6, 6.07) is 7.62. The molecule has 0 bridgehead atoms. The first kappa shape index (κ1) is 16.6. The molecule has 0 saturated heterocycles. The van der Waals surface area contributed by atoms with Crippen LogP contribution in [0.15, 0.2) is 29.6 Å². The van der Waals surface area contributed by atoms with Crippen molar-refractivity contribution >= 4 is 17.2 Å². The topological polar surface area (TPSA) is 71.5 Å².